The topological polar surface area (TPSA) is 68.2 Å². The number of likely N-dealkylation sites (tertiary alicyclic amines) is 1. The van der Waals surface area contributed by atoms with Crippen molar-refractivity contribution in [3.05, 3.63) is 35.9 Å². The van der Waals surface area contributed by atoms with Crippen molar-refractivity contribution in [1.82, 2.24) is 4.90 Å². The molecule has 1 aromatic carbocycles. The van der Waals surface area contributed by atoms with Crippen molar-refractivity contribution in [2.24, 2.45) is 5.92 Å². The minimum Gasteiger partial charge on any atom is -0.444 e. The maximum atomic E-state index is 12.9. The Morgan fingerprint density at radius 2 is 1.71 bits per heavy atom. The molecule has 0 aliphatic carbocycles. The lowest BCUT2D eigenvalue weighted by Gasteiger charge is -2.38. The first kappa shape index (κ1) is 25.8. The van der Waals surface area contributed by atoms with E-state index in [4.69, 9.17) is 13.9 Å². The first-order valence-electron chi connectivity index (χ1n) is 11.1. The Morgan fingerprint density at radius 1 is 1.10 bits per heavy atom. The van der Waals surface area contributed by atoms with Gasteiger partial charge >= 0.3 is 6.09 Å². The number of hydrogen-bond donors (Lipinski definition) is 1. The number of rotatable bonds is 7. The Morgan fingerprint density at radius 3 is 2.26 bits per heavy atom. The van der Waals surface area contributed by atoms with Crippen LogP contribution in [0.1, 0.15) is 47.1 Å². The van der Waals surface area contributed by atoms with Gasteiger partial charge in [0, 0.05) is 12.5 Å². The van der Waals surface area contributed by atoms with Crippen LogP contribution in [0.2, 0.25) is 18.1 Å². The van der Waals surface area contributed by atoms with Crippen molar-refractivity contribution in [2.45, 2.75) is 84.0 Å². The lowest BCUT2D eigenvalue weighted by Crippen LogP contribution is -2.49. The van der Waals surface area contributed by atoms with Gasteiger partial charge in [0.1, 0.15) is 5.60 Å². The van der Waals surface area contributed by atoms with Crippen molar-refractivity contribution in [3.63, 3.8) is 0 Å². The molecule has 0 saturated carbocycles. The third-order valence-electron chi connectivity index (χ3n) is 6.20. The standard InChI is InChI=1S/C24H41NO5Si/c1-23(2,3)30-22(27)25-14-19(16-28-15-18-12-10-9-11-13-18)21(26)20(25)17-29-31(7,8)24(4,5)6/h9-13,19-21,26H,14-17H2,1-8H3/t19-,20+,21-/m1/s1. The highest BCUT2D eigenvalue weighted by atomic mass is 28.4. The SMILES string of the molecule is CC(C)(C)OC(=O)N1C[C@H](COCc2ccccc2)[C@@H](O)[C@@H]1CO[Si](C)(C)C(C)(C)C. The van der Waals surface area contributed by atoms with Gasteiger partial charge in [0.25, 0.3) is 0 Å². The second-order valence-corrected chi connectivity index (χ2v) is 15.8. The van der Waals surface area contributed by atoms with Crippen LogP contribution in [0.3, 0.4) is 0 Å². The second kappa shape index (κ2) is 10.0. The van der Waals surface area contributed by atoms with Gasteiger partial charge in [0.05, 0.1) is 32.0 Å². The summed E-state index contributed by atoms with van der Waals surface area (Å²) >= 11 is 0. The number of ether oxygens (including phenoxy) is 2. The van der Waals surface area contributed by atoms with E-state index in [9.17, 15) is 9.90 Å². The second-order valence-electron chi connectivity index (χ2n) is 11.0. The molecule has 6 nitrogen and oxygen atoms in total. The number of carbonyl (C=O) groups excluding carboxylic acids is 1. The van der Waals surface area contributed by atoms with Crippen molar-refractivity contribution >= 4 is 14.4 Å². The average molecular weight is 452 g/mol. The number of amides is 1. The first-order valence-corrected chi connectivity index (χ1v) is 14.1. The molecule has 0 aromatic heterocycles. The number of aliphatic hydroxyl groups is 1. The number of aliphatic hydroxyl groups excluding tert-OH is 1. The largest absolute Gasteiger partial charge is 0.444 e. The lowest BCUT2D eigenvalue weighted by atomic mass is 10.0. The van der Waals surface area contributed by atoms with Gasteiger partial charge in [-0.05, 0) is 44.5 Å². The zero-order valence-corrected chi connectivity index (χ0v) is 21.5. The molecule has 1 fully saturated rings. The lowest BCUT2D eigenvalue weighted by molar-refractivity contribution is 0.00384. The van der Waals surface area contributed by atoms with E-state index in [1.807, 2.05) is 51.1 Å². The fourth-order valence-electron chi connectivity index (χ4n) is 3.28. The Labute approximate surface area is 189 Å². The summed E-state index contributed by atoms with van der Waals surface area (Å²) in [7, 11) is -2.03. The molecule has 3 atom stereocenters. The zero-order chi connectivity index (χ0) is 23.4. The highest BCUT2D eigenvalue weighted by Gasteiger charge is 2.46. The van der Waals surface area contributed by atoms with Gasteiger partial charge in [-0.15, -0.1) is 0 Å². The number of nitrogens with zero attached hydrogens (tertiary/aromatic N) is 1. The summed E-state index contributed by atoms with van der Waals surface area (Å²) in [6, 6.07) is 9.48. The highest BCUT2D eigenvalue weighted by molar-refractivity contribution is 6.74. The summed E-state index contributed by atoms with van der Waals surface area (Å²) in [6.45, 7) is 17.9. The van der Waals surface area contributed by atoms with Gasteiger partial charge in [0.15, 0.2) is 8.32 Å². The van der Waals surface area contributed by atoms with Crippen molar-refractivity contribution in [1.29, 1.82) is 0 Å². The van der Waals surface area contributed by atoms with Gasteiger partial charge in [-0.1, -0.05) is 51.1 Å². The van der Waals surface area contributed by atoms with Gasteiger partial charge in [-0.2, -0.15) is 0 Å². The summed E-state index contributed by atoms with van der Waals surface area (Å²) in [5, 5.41) is 11.1. The van der Waals surface area contributed by atoms with Crippen molar-refractivity contribution in [2.75, 3.05) is 19.8 Å². The molecule has 0 radical (unpaired) electrons. The van der Waals surface area contributed by atoms with E-state index in [2.05, 4.69) is 33.9 Å². The molecule has 1 aromatic rings. The molecule has 1 amide bonds. The van der Waals surface area contributed by atoms with Gasteiger partial charge in [-0.3, -0.25) is 4.90 Å². The first-order chi connectivity index (χ1) is 14.2. The van der Waals surface area contributed by atoms with E-state index in [1.165, 1.54) is 0 Å². The van der Waals surface area contributed by atoms with Crippen LogP contribution < -0.4 is 0 Å². The van der Waals surface area contributed by atoms with Crippen LogP contribution in [0.4, 0.5) is 4.79 Å². The summed E-state index contributed by atoms with van der Waals surface area (Å²) in [5.74, 6) is -0.191. The fraction of sp³-hybridized carbons (Fsp3) is 0.708. The number of carbonyl (C=O) groups is 1. The quantitative estimate of drug-likeness (QED) is 0.602. The molecule has 1 N–H and O–H groups in total. The Kier molecular flexibility index (Phi) is 8.36. The summed E-state index contributed by atoms with van der Waals surface area (Å²) < 4.78 is 17.9. The van der Waals surface area contributed by atoms with E-state index in [0.717, 1.165) is 5.56 Å². The third kappa shape index (κ3) is 7.31. The average Bonchev–Trinajstić information content (AvgIpc) is 2.95. The fourth-order valence-corrected chi connectivity index (χ4v) is 4.30. The molecule has 176 valence electrons. The monoisotopic (exact) mass is 451 g/mol. The van der Waals surface area contributed by atoms with Gasteiger partial charge in [0.2, 0.25) is 0 Å². The van der Waals surface area contributed by atoms with Crippen LogP contribution in [0.25, 0.3) is 0 Å². The molecular weight excluding hydrogens is 410 g/mol. The molecule has 1 saturated heterocycles. The molecule has 2 rings (SSSR count). The molecule has 1 aliphatic heterocycles. The van der Waals surface area contributed by atoms with Crippen LogP contribution >= 0.6 is 0 Å². The molecule has 0 spiro atoms. The van der Waals surface area contributed by atoms with E-state index in [1.54, 1.807) is 4.90 Å². The van der Waals surface area contributed by atoms with Crippen LogP contribution in [0.5, 0.6) is 0 Å². The summed E-state index contributed by atoms with van der Waals surface area (Å²) in [6.07, 6.45) is -1.14. The minimum absolute atomic E-state index is 0.0471. The van der Waals surface area contributed by atoms with Crippen LogP contribution in [0, 0.1) is 5.92 Å². The van der Waals surface area contributed by atoms with E-state index >= 15 is 0 Å². The van der Waals surface area contributed by atoms with Crippen molar-refractivity contribution in [3.8, 4) is 0 Å². The zero-order valence-electron chi connectivity index (χ0n) is 20.5. The molecule has 0 unspecified atom stereocenters. The normalized spacial score (nSPS) is 22.6. The maximum Gasteiger partial charge on any atom is 0.410 e. The summed E-state index contributed by atoms with van der Waals surface area (Å²) in [4.78, 5) is 14.5. The van der Waals surface area contributed by atoms with Crippen LogP contribution in [-0.4, -0.2) is 61.9 Å². The van der Waals surface area contributed by atoms with E-state index < -0.39 is 32.2 Å². The minimum atomic E-state index is -2.03. The number of benzene rings is 1. The molecule has 1 aliphatic rings. The van der Waals surface area contributed by atoms with Crippen molar-refractivity contribution < 1.29 is 23.8 Å². The molecule has 7 heteroatoms. The van der Waals surface area contributed by atoms with Crippen LogP contribution in [-0.2, 0) is 20.5 Å². The summed E-state index contributed by atoms with van der Waals surface area (Å²) in [5.41, 5.74) is 0.478. The van der Waals surface area contributed by atoms with Gasteiger partial charge < -0.3 is 19.0 Å². The van der Waals surface area contributed by atoms with Crippen LogP contribution in [0.15, 0.2) is 30.3 Å². The molecule has 1 heterocycles. The Hall–Kier alpha value is -1.41. The number of hydrogen-bond acceptors (Lipinski definition) is 5. The highest BCUT2D eigenvalue weighted by Crippen LogP contribution is 2.37. The molecular formula is C24H41NO5Si. The maximum absolute atomic E-state index is 12.9. The van der Waals surface area contributed by atoms with Gasteiger partial charge in [-0.25, -0.2) is 4.79 Å². The third-order valence-corrected chi connectivity index (χ3v) is 10.7. The van der Waals surface area contributed by atoms with E-state index in [-0.39, 0.29) is 11.0 Å². The van der Waals surface area contributed by atoms with E-state index in [0.29, 0.717) is 26.4 Å². The molecule has 0 bridgehead atoms. The Bertz CT molecular complexity index is 711. The molecule has 31 heavy (non-hydrogen) atoms. The predicted octanol–water partition coefficient (Wildman–Crippen LogP) is 4.82. The Balaban J connectivity index is 2.07. The smallest absolute Gasteiger partial charge is 0.410 e. The predicted molar refractivity (Wildman–Crippen MR) is 125 cm³/mol.